The number of aromatic nitrogens is 2. The third kappa shape index (κ3) is 3.45. The molecule has 28 heavy (non-hydrogen) atoms. The Morgan fingerprint density at radius 1 is 0.786 bits per heavy atom. The number of nitrogens with zero attached hydrogens (tertiary/aromatic N) is 2. The normalized spacial score (nSPS) is 13.0. The van der Waals surface area contributed by atoms with Gasteiger partial charge in [-0.05, 0) is 69.7 Å². The number of rotatable bonds is 3. The average Bonchev–Trinajstić information content (AvgIpc) is 2.67. The molecule has 0 saturated heterocycles. The van der Waals surface area contributed by atoms with Crippen molar-refractivity contribution in [3.05, 3.63) is 66.9 Å². The Morgan fingerprint density at radius 2 is 1.43 bits per heavy atom. The minimum atomic E-state index is -1.21. The molecular weight excluding hydrogens is 364 g/mol. The lowest BCUT2D eigenvalue weighted by atomic mass is 10.1. The van der Waals surface area contributed by atoms with Crippen molar-refractivity contribution in [2.24, 2.45) is 0 Å². The van der Waals surface area contributed by atoms with Crippen LogP contribution in [0.2, 0.25) is 0 Å². The molecule has 0 aliphatic rings. The summed E-state index contributed by atoms with van der Waals surface area (Å²) in [6.07, 6.45) is 6.25. The number of hydrogen-bond donors (Lipinski definition) is 0. The van der Waals surface area contributed by atoms with Crippen LogP contribution in [0.25, 0.3) is 33.1 Å². The second-order valence-corrected chi connectivity index (χ2v) is 12.2. The van der Waals surface area contributed by atoms with E-state index in [9.17, 15) is 0 Å². The van der Waals surface area contributed by atoms with E-state index in [0.717, 1.165) is 38.8 Å². The van der Waals surface area contributed by atoms with Crippen LogP contribution in [-0.4, -0.2) is 27.2 Å². The predicted molar refractivity (Wildman–Crippen MR) is 122 cm³/mol. The number of fused-ring (bicyclic) bond motifs is 3. The van der Waals surface area contributed by atoms with E-state index >= 15 is 0 Å². The van der Waals surface area contributed by atoms with E-state index in [0.29, 0.717) is 0 Å². The molecule has 2 heterocycles. The van der Waals surface area contributed by atoms with Crippen LogP contribution in [0.1, 0.15) is 20.8 Å². The van der Waals surface area contributed by atoms with E-state index in [2.05, 4.69) is 80.7 Å². The van der Waals surface area contributed by atoms with Crippen molar-refractivity contribution in [3.8, 4) is 17.0 Å². The summed E-state index contributed by atoms with van der Waals surface area (Å²) < 4.78 is 6.46. The first-order valence-corrected chi connectivity index (χ1v) is 11.8. The summed E-state index contributed by atoms with van der Waals surface area (Å²) in [5.41, 5.74) is 3.90. The van der Waals surface area contributed by atoms with Crippen molar-refractivity contribution in [3.63, 3.8) is 0 Å². The lowest BCUT2D eigenvalue weighted by molar-refractivity contribution is 0.587. The first-order chi connectivity index (χ1) is 13.2. The van der Waals surface area contributed by atoms with Crippen LogP contribution in [0, 0.1) is 0 Å². The fraction of sp³-hybridized carbons (Fsp3) is 0.250. The third-order valence-electron chi connectivity index (χ3n) is 5.36. The highest BCUT2D eigenvalue weighted by molar-refractivity contribution is 8.30. The van der Waals surface area contributed by atoms with Crippen LogP contribution in [-0.2, 0) is 0 Å². The molecule has 0 radical (unpaired) electrons. The zero-order chi connectivity index (χ0) is 19.9. The summed E-state index contributed by atoms with van der Waals surface area (Å²) in [5.74, 6) is 0.909. The van der Waals surface area contributed by atoms with Crippen LogP contribution in [0.3, 0.4) is 0 Å². The largest absolute Gasteiger partial charge is 0.449 e. The molecule has 0 spiro atoms. The highest BCUT2D eigenvalue weighted by Gasteiger charge is 2.29. The van der Waals surface area contributed by atoms with Gasteiger partial charge in [-0.15, -0.1) is 0 Å². The molecule has 0 bridgehead atoms. The van der Waals surface area contributed by atoms with E-state index in [1.165, 1.54) is 0 Å². The molecule has 0 fully saturated rings. The summed E-state index contributed by atoms with van der Waals surface area (Å²) in [6.45, 7) is 6.69. The monoisotopic (exact) mass is 390 g/mol. The van der Waals surface area contributed by atoms with E-state index in [-0.39, 0.29) is 4.75 Å². The molecule has 0 aliphatic carbocycles. The Labute approximate surface area is 168 Å². The predicted octanol–water partition coefficient (Wildman–Crippen LogP) is 6.61. The van der Waals surface area contributed by atoms with Gasteiger partial charge >= 0.3 is 0 Å². The van der Waals surface area contributed by atoms with Gasteiger partial charge in [0.05, 0.1) is 16.7 Å². The topological polar surface area (TPSA) is 35.0 Å². The average molecular weight is 391 g/mol. The maximum atomic E-state index is 6.34. The Kier molecular flexibility index (Phi) is 4.54. The van der Waals surface area contributed by atoms with Gasteiger partial charge in [0.1, 0.15) is 5.75 Å². The molecule has 0 atom stereocenters. The van der Waals surface area contributed by atoms with Crippen LogP contribution < -0.4 is 4.18 Å². The molecule has 4 aromatic rings. The van der Waals surface area contributed by atoms with Gasteiger partial charge in [0.25, 0.3) is 0 Å². The van der Waals surface area contributed by atoms with E-state index in [4.69, 9.17) is 9.17 Å². The molecule has 0 N–H and O–H groups in total. The van der Waals surface area contributed by atoms with Crippen LogP contribution in [0.15, 0.2) is 66.9 Å². The molecule has 3 nitrogen and oxygen atoms in total. The molecule has 0 saturated carbocycles. The second kappa shape index (κ2) is 6.78. The van der Waals surface area contributed by atoms with Crippen molar-refractivity contribution in [1.29, 1.82) is 0 Å². The van der Waals surface area contributed by atoms with Gasteiger partial charge in [-0.3, -0.25) is 4.98 Å². The maximum absolute atomic E-state index is 6.34. The number of hydrogen-bond acceptors (Lipinski definition) is 3. The van der Waals surface area contributed by atoms with Crippen molar-refractivity contribution >= 4 is 32.1 Å². The Morgan fingerprint density at radius 3 is 2.11 bits per heavy atom. The standard InChI is InChI=1S/C24H26N2OS/c1-24(2,3)28(4,5)27-20-13-10-17(11-14-20)21-15-12-19-9-8-18-7-6-16-25-22(18)23(19)26-21/h6-16H,1-5H3. The Bertz CT molecular complexity index is 1140. The highest BCUT2D eigenvalue weighted by atomic mass is 32.3. The van der Waals surface area contributed by atoms with Crippen molar-refractivity contribution in [1.82, 2.24) is 9.97 Å². The molecular formula is C24H26N2OS. The molecule has 0 amide bonds. The lowest BCUT2D eigenvalue weighted by Gasteiger charge is -2.43. The van der Waals surface area contributed by atoms with Gasteiger partial charge in [0.2, 0.25) is 0 Å². The quantitative estimate of drug-likeness (QED) is 0.369. The summed E-state index contributed by atoms with van der Waals surface area (Å²) in [4.78, 5) is 9.46. The number of benzene rings is 2. The Hall–Kier alpha value is -2.59. The molecule has 2 aromatic heterocycles. The van der Waals surface area contributed by atoms with Gasteiger partial charge in [0.15, 0.2) is 0 Å². The van der Waals surface area contributed by atoms with Gasteiger partial charge in [-0.1, -0.05) is 34.6 Å². The van der Waals surface area contributed by atoms with Gasteiger partial charge in [-0.25, -0.2) is 4.98 Å². The molecule has 4 rings (SSSR count). The van der Waals surface area contributed by atoms with Crippen molar-refractivity contribution in [2.75, 3.05) is 12.5 Å². The zero-order valence-corrected chi connectivity index (χ0v) is 17.9. The smallest absolute Gasteiger partial charge is 0.134 e. The molecule has 0 unspecified atom stereocenters. The van der Waals surface area contributed by atoms with Crippen LogP contribution in [0.5, 0.6) is 5.75 Å². The van der Waals surface area contributed by atoms with Gasteiger partial charge in [0, 0.05) is 27.3 Å². The van der Waals surface area contributed by atoms with E-state index < -0.39 is 10.3 Å². The highest BCUT2D eigenvalue weighted by Crippen LogP contribution is 2.53. The zero-order valence-electron chi connectivity index (χ0n) is 17.1. The van der Waals surface area contributed by atoms with Crippen molar-refractivity contribution in [2.45, 2.75) is 25.5 Å². The van der Waals surface area contributed by atoms with E-state index in [1.54, 1.807) is 0 Å². The Balaban J connectivity index is 1.69. The fourth-order valence-corrected chi connectivity index (χ4v) is 3.77. The fourth-order valence-electron chi connectivity index (χ4n) is 2.93. The maximum Gasteiger partial charge on any atom is 0.134 e. The van der Waals surface area contributed by atoms with Crippen LogP contribution in [0.4, 0.5) is 0 Å². The minimum Gasteiger partial charge on any atom is -0.449 e. The van der Waals surface area contributed by atoms with Gasteiger partial charge < -0.3 is 4.18 Å². The molecule has 4 heteroatoms. The minimum absolute atomic E-state index is 0.125. The summed E-state index contributed by atoms with van der Waals surface area (Å²) in [5, 5.41) is 2.21. The first-order valence-electron chi connectivity index (χ1n) is 9.42. The van der Waals surface area contributed by atoms with Crippen LogP contribution >= 0.6 is 10.3 Å². The van der Waals surface area contributed by atoms with E-state index in [1.807, 2.05) is 24.4 Å². The molecule has 144 valence electrons. The summed E-state index contributed by atoms with van der Waals surface area (Å²) in [7, 11) is -1.21. The number of pyridine rings is 2. The van der Waals surface area contributed by atoms with Crippen molar-refractivity contribution < 1.29 is 4.18 Å². The summed E-state index contributed by atoms with van der Waals surface area (Å²) >= 11 is 0. The molecule has 2 aromatic carbocycles. The van der Waals surface area contributed by atoms with Gasteiger partial charge in [-0.2, -0.15) is 0 Å². The summed E-state index contributed by atoms with van der Waals surface area (Å²) in [6, 6.07) is 20.7. The lowest BCUT2D eigenvalue weighted by Crippen LogP contribution is -2.27. The second-order valence-electron chi connectivity index (χ2n) is 8.36. The SMILES string of the molecule is CC(C)(C)S(C)(C)Oc1ccc(-c2ccc3ccc4cccnc4c3n2)cc1. The first kappa shape index (κ1) is 18.8. The third-order valence-corrected chi connectivity index (χ3v) is 8.92. The molecule has 0 aliphatic heterocycles.